The number of aliphatic carboxylic acids is 1. The minimum Gasteiger partial charge on any atom is -0.493 e. The highest BCUT2D eigenvalue weighted by Gasteiger charge is 2.71. The van der Waals surface area contributed by atoms with Gasteiger partial charge in [-0.25, -0.2) is 14.4 Å². The third-order valence-corrected chi connectivity index (χ3v) is 9.98. The number of carboxylic acids is 1. The third-order valence-electron chi connectivity index (χ3n) is 9.98. The SMILES string of the molecule is COc1ccc2c3c1O[C@H]1C(OC(=O)[C@H](C)OC(=O)[C@H](CCC(=O)O)NC(=O)C[C@@H]4OC(C)(C)OC4=O)=CC[C@@]4(O)[C@H](CCC[C@]314)C2. The second-order valence-corrected chi connectivity index (χ2v) is 13.3. The zero-order valence-electron chi connectivity index (χ0n) is 26.7. The first-order valence-corrected chi connectivity index (χ1v) is 15.8. The number of hydrogen-bond donors (Lipinski definition) is 3. The van der Waals surface area contributed by atoms with Gasteiger partial charge in [0.2, 0.25) is 11.7 Å². The molecule has 14 heteroatoms. The van der Waals surface area contributed by atoms with Gasteiger partial charge >= 0.3 is 23.9 Å². The molecule has 1 aromatic rings. The molecule has 3 aliphatic carbocycles. The predicted molar refractivity (Wildman–Crippen MR) is 158 cm³/mol. The predicted octanol–water partition coefficient (Wildman–Crippen LogP) is 1.96. The van der Waals surface area contributed by atoms with Crippen molar-refractivity contribution in [2.24, 2.45) is 5.92 Å². The van der Waals surface area contributed by atoms with Crippen LogP contribution in [-0.4, -0.2) is 82.8 Å². The molecule has 0 radical (unpaired) electrons. The van der Waals surface area contributed by atoms with Gasteiger partial charge in [-0.2, -0.15) is 0 Å². The smallest absolute Gasteiger partial charge is 0.352 e. The van der Waals surface area contributed by atoms with Crippen molar-refractivity contribution < 1.29 is 62.6 Å². The Kier molecular flexibility index (Phi) is 8.23. The maximum Gasteiger partial charge on any atom is 0.352 e. The van der Waals surface area contributed by atoms with Crippen LogP contribution in [0, 0.1) is 5.92 Å². The lowest BCUT2D eigenvalue weighted by molar-refractivity contribution is -0.172. The topological polar surface area (TPSA) is 193 Å². The molecule has 2 aliphatic heterocycles. The molecule has 2 fully saturated rings. The second-order valence-electron chi connectivity index (χ2n) is 13.3. The summed E-state index contributed by atoms with van der Waals surface area (Å²) in [6.45, 7) is 4.31. The fourth-order valence-electron chi connectivity index (χ4n) is 7.97. The van der Waals surface area contributed by atoms with Crippen LogP contribution in [0.1, 0.15) is 76.8 Å². The van der Waals surface area contributed by atoms with Crippen LogP contribution >= 0.6 is 0 Å². The Morgan fingerprint density at radius 3 is 2.62 bits per heavy atom. The molecule has 2 bridgehead atoms. The molecule has 47 heavy (non-hydrogen) atoms. The minimum atomic E-state index is -1.46. The number of aliphatic hydroxyl groups is 1. The summed E-state index contributed by atoms with van der Waals surface area (Å²) in [5, 5.41) is 23.8. The van der Waals surface area contributed by atoms with Crippen LogP contribution in [-0.2, 0) is 54.8 Å². The number of cyclic esters (lactones) is 1. The summed E-state index contributed by atoms with van der Waals surface area (Å²) in [4.78, 5) is 62.5. The van der Waals surface area contributed by atoms with Crippen molar-refractivity contribution in [3.63, 3.8) is 0 Å². The van der Waals surface area contributed by atoms with Crippen LogP contribution in [0.3, 0.4) is 0 Å². The van der Waals surface area contributed by atoms with E-state index in [1.54, 1.807) is 6.08 Å². The monoisotopic (exact) mass is 657 g/mol. The molecule has 14 nitrogen and oxygen atoms in total. The number of benzene rings is 1. The number of nitrogens with one attached hydrogen (secondary N) is 1. The summed E-state index contributed by atoms with van der Waals surface area (Å²) in [5.74, 6) is -4.73. The van der Waals surface area contributed by atoms with Gasteiger partial charge in [0.1, 0.15) is 11.8 Å². The quantitative estimate of drug-likeness (QED) is 0.231. The van der Waals surface area contributed by atoms with Gasteiger partial charge in [0, 0.05) is 25.8 Å². The van der Waals surface area contributed by atoms with E-state index >= 15 is 0 Å². The number of esters is 3. The van der Waals surface area contributed by atoms with Crippen molar-refractivity contribution >= 4 is 29.8 Å². The Balaban J connectivity index is 1.15. The molecule has 1 amide bonds. The largest absolute Gasteiger partial charge is 0.493 e. The van der Waals surface area contributed by atoms with Crippen molar-refractivity contribution in [1.29, 1.82) is 0 Å². The number of hydrogen-bond acceptors (Lipinski definition) is 12. The van der Waals surface area contributed by atoms with Crippen LogP contribution < -0.4 is 14.8 Å². The van der Waals surface area contributed by atoms with Crippen LogP contribution in [0.4, 0.5) is 0 Å². The average Bonchev–Trinajstić information content (AvgIpc) is 3.47. The lowest BCUT2D eigenvalue weighted by Crippen LogP contribution is -2.67. The Morgan fingerprint density at radius 1 is 1.17 bits per heavy atom. The Morgan fingerprint density at radius 2 is 1.94 bits per heavy atom. The molecule has 6 rings (SSSR count). The zero-order valence-corrected chi connectivity index (χ0v) is 26.7. The molecule has 1 spiro atoms. The molecule has 0 aromatic heterocycles. The van der Waals surface area contributed by atoms with E-state index in [2.05, 4.69) is 5.32 Å². The van der Waals surface area contributed by atoms with Crippen molar-refractivity contribution in [1.82, 2.24) is 5.32 Å². The standard InChI is InChI=1S/C33H39NO13/c1-16(43-29(39)19(8-10-24(36)37)34-23(35)15-22-30(40)47-31(2,3)46-22)28(38)44-21-11-13-33(41)18-6-5-12-32(33)25-17(14-18)7-9-20(42-4)26(25)45-27(21)32/h7,9,11,16,18-19,22,27,41H,5-6,8,10,12-15H2,1-4H3,(H,34,35)(H,36,37)/t16-,18+,19-,22-,27-,32-,33+/m0/s1. The number of carboxylic acid groups (broad SMARTS) is 1. The molecule has 3 N–H and O–H groups in total. The number of carbonyl (C=O) groups excluding carboxylic acids is 4. The van der Waals surface area contributed by atoms with E-state index in [1.807, 2.05) is 12.1 Å². The highest BCUT2D eigenvalue weighted by molar-refractivity contribution is 5.89. The lowest BCUT2D eigenvalue weighted by Gasteiger charge is -2.59. The molecular formula is C33H39NO13. The normalized spacial score (nSPS) is 30.4. The first-order valence-electron chi connectivity index (χ1n) is 15.8. The number of methoxy groups -OCH3 is 1. The van der Waals surface area contributed by atoms with Crippen LogP contribution in [0.15, 0.2) is 24.0 Å². The Bertz CT molecular complexity index is 1550. The van der Waals surface area contributed by atoms with Crippen molar-refractivity contribution in [3.05, 3.63) is 35.1 Å². The number of ether oxygens (including phenoxy) is 6. The lowest BCUT2D eigenvalue weighted by atomic mass is 9.47. The van der Waals surface area contributed by atoms with Gasteiger partial charge in [0.25, 0.3) is 0 Å². The first-order chi connectivity index (χ1) is 22.2. The Hall–Kier alpha value is -4.17. The van der Waals surface area contributed by atoms with Crippen molar-refractivity contribution in [3.8, 4) is 11.5 Å². The summed E-state index contributed by atoms with van der Waals surface area (Å²) in [6.07, 6.45) is 0.132. The van der Waals surface area contributed by atoms with Gasteiger partial charge < -0.3 is 44.0 Å². The molecule has 5 aliphatic rings. The summed E-state index contributed by atoms with van der Waals surface area (Å²) in [5.41, 5.74) is -0.00497. The molecular weight excluding hydrogens is 618 g/mol. The van der Waals surface area contributed by atoms with E-state index in [9.17, 15) is 34.2 Å². The van der Waals surface area contributed by atoms with Crippen LogP contribution in [0.5, 0.6) is 11.5 Å². The number of rotatable bonds is 11. The van der Waals surface area contributed by atoms with Gasteiger partial charge in [-0.15, -0.1) is 0 Å². The molecule has 0 unspecified atom stereocenters. The highest BCUT2D eigenvalue weighted by Crippen LogP contribution is 2.67. The van der Waals surface area contributed by atoms with E-state index in [0.717, 1.165) is 24.0 Å². The first kappa shape index (κ1) is 32.8. The molecule has 1 aromatic carbocycles. The van der Waals surface area contributed by atoms with Gasteiger partial charge in [-0.05, 0) is 62.7 Å². The fourth-order valence-corrected chi connectivity index (χ4v) is 7.97. The number of carbonyl (C=O) groups is 5. The maximum atomic E-state index is 13.4. The summed E-state index contributed by atoms with van der Waals surface area (Å²) < 4.78 is 33.7. The molecule has 7 atom stereocenters. The zero-order chi connectivity index (χ0) is 33.9. The minimum absolute atomic E-state index is 0.00196. The third kappa shape index (κ3) is 5.50. The van der Waals surface area contributed by atoms with Crippen LogP contribution in [0.2, 0.25) is 0 Å². The summed E-state index contributed by atoms with van der Waals surface area (Å²) >= 11 is 0. The van der Waals surface area contributed by atoms with E-state index in [4.69, 9.17) is 28.4 Å². The average molecular weight is 658 g/mol. The maximum absolute atomic E-state index is 13.4. The van der Waals surface area contributed by atoms with Gasteiger partial charge in [0.15, 0.2) is 29.8 Å². The van der Waals surface area contributed by atoms with Gasteiger partial charge in [0.05, 0.1) is 24.5 Å². The van der Waals surface area contributed by atoms with Crippen LogP contribution in [0.25, 0.3) is 0 Å². The van der Waals surface area contributed by atoms with Gasteiger partial charge in [-0.1, -0.05) is 12.5 Å². The Labute approximate surface area is 270 Å². The van der Waals surface area contributed by atoms with Crippen molar-refractivity contribution in [2.45, 2.75) is 113 Å². The highest BCUT2D eigenvalue weighted by atomic mass is 16.8. The van der Waals surface area contributed by atoms with E-state index < -0.39 is 83.8 Å². The van der Waals surface area contributed by atoms with Crippen molar-refractivity contribution in [2.75, 3.05) is 7.11 Å². The molecule has 1 saturated heterocycles. The molecule has 1 saturated carbocycles. The molecule has 2 heterocycles. The number of amides is 1. The summed E-state index contributed by atoms with van der Waals surface area (Å²) in [7, 11) is 1.54. The fraction of sp³-hybridized carbons (Fsp3) is 0.606. The van der Waals surface area contributed by atoms with E-state index in [0.29, 0.717) is 24.3 Å². The summed E-state index contributed by atoms with van der Waals surface area (Å²) in [6, 6.07) is 2.40. The van der Waals surface area contributed by atoms with Gasteiger partial charge in [-0.3, -0.25) is 9.59 Å². The van der Waals surface area contributed by atoms with E-state index in [1.165, 1.54) is 27.9 Å². The van der Waals surface area contributed by atoms with E-state index in [-0.39, 0.29) is 24.5 Å². The second kappa shape index (κ2) is 11.8. The molecule has 254 valence electrons.